The molecule has 1 aromatic carbocycles. The predicted molar refractivity (Wildman–Crippen MR) is 64.1 cm³/mol. The van der Waals surface area contributed by atoms with Crippen molar-refractivity contribution >= 4 is 17.3 Å². The van der Waals surface area contributed by atoms with E-state index in [2.05, 4.69) is 10.2 Å². The van der Waals surface area contributed by atoms with Crippen LogP contribution >= 0.6 is 11.6 Å². The first-order valence-electron chi connectivity index (χ1n) is 5.15. The maximum atomic E-state index is 12.7. The number of rotatable bonds is 2. The van der Waals surface area contributed by atoms with Crippen molar-refractivity contribution in [2.24, 2.45) is 0 Å². The largest absolute Gasteiger partial charge is 0.419 e. The van der Waals surface area contributed by atoms with Gasteiger partial charge in [-0.25, -0.2) is 0 Å². The minimum atomic E-state index is -4.72. The van der Waals surface area contributed by atoms with Crippen molar-refractivity contribution in [1.82, 2.24) is 10.2 Å². The number of alkyl halides is 3. The van der Waals surface area contributed by atoms with Crippen LogP contribution in [0.25, 0.3) is 11.3 Å². The fourth-order valence-electron chi connectivity index (χ4n) is 1.56. The van der Waals surface area contributed by atoms with E-state index in [-0.39, 0.29) is 16.9 Å². The van der Waals surface area contributed by atoms with Gasteiger partial charge in [0.15, 0.2) is 5.15 Å². The molecule has 0 aliphatic heterocycles. The summed E-state index contributed by atoms with van der Waals surface area (Å²) >= 11 is 5.34. The van der Waals surface area contributed by atoms with Gasteiger partial charge in [0, 0.05) is 6.07 Å². The molecule has 0 saturated heterocycles. The van der Waals surface area contributed by atoms with Gasteiger partial charge < -0.3 is 0 Å². The number of para-hydroxylation sites is 1. The average molecular weight is 304 g/mol. The summed E-state index contributed by atoms with van der Waals surface area (Å²) in [5.74, 6) is 0. The van der Waals surface area contributed by atoms with E-state index in [1.165, 1.54) is 24.3 Å². The van der Waals surface area contributed by atoms with Crippen molar-refractivity contribution in [2.75, 3.05) is 0 Å². The van der Waals surface area contributed by atoms with Crippen LogP contribution in [0.5, 0.6) is 0 Å². The molecule has 2 rings (SSSR count). The Morgan fingerprint density at radius 1 is 1.20 bits per heavy atom. The van der Waals surface area contributed by atoms with Crippen LogP contribution in [0.1, 0.15) is 5.56 Å². The second-order valence-electron chi connectivity index (χ2n) is 3.71. The van der Waals surface area contributed by atoms with Gasteiger partial charge in [-0.05, 0) is 12.1 Å². The van der Waals surface area contributed by atoms with Gasteiger partial charge in [-0.15, -0.1) is 10.2 Å². The molecule has 0 saturated carbocycles. The molecule has 20 heavy (non-hydrogen) atoms. The first-order chi connectivity index (χ1) is 9.30. The van der Waals surface area contributed by atoms with Gasteiger partial charge in [0.2, 0.25) is 0 Å². The molecule has 0 aliphatic carbocycles. The molecule has 0 N–H and O–H groups in total. The molecule has 0 bridgehead atoms. The van der Waals surface area contributed by atoms with Crippen LogP contribution < -0.4 is 0 Å². The zero-order valence-corrected chi connectivity index (χ0v) is 10.3. The van der Waals surface area contributed by atoms with E-state index in [0.29, 0.717) is 6.07 Å². The minimum Gasteiger partial charge on any atom is -0.258 e. The number of aromatic nitrogens is 2. The number of benzene rings is 1. The van der Waals surface area contributed by atoms with Gasteiger partial charge in [-0.3, -0.25) is 10.1 Å². The van der Waals surface area contributed by atoms with E-state index in [1.807, 2.05) is 0 Å². The molecule has 1 heterocycles. The Balaban J connectivity index is 2.63. The number of nitro groups is 1. The van der Waals surface area contributed by atoms with E-state index in [1.54, 1.807) is 0 Å². The lowest BCUT2D eigenvalue weighted by Gasteiger charge is -2.09. The number of hydrogen-bond acceptors (Lipinski definition) is 4. The van der Waals surface area contributed by atoms with Crippen LogP contribution in [0.4, 0.5) is 18.9 Å². The second-order valence-corrected chi connectivity index (χ2v) is 4.06. The molecule has 0 unspecified atom stereocenters. The maximum absolute atomic E-state index is 12.7. The predicted octanol–water partition coefficient (Wildman–Crippen LogP) is 3.72. The molecule has 0 fully saturated rings. The molecule has 0 atom stereocenters. The van der Waals surface area contributed by atoms with E-state index in [0.717, 1.165) is 0 Å². The van der Waals surface area contributed by atoms with Crippen molar-refractivity contribution in [3.8, 4) is 11.3 Å². The highest BCUT2D eigenvalue weighted by Crippen LogP contribution is 2.36. The van der Waals surface area contributed by atoms with E-state index < -0.39 is 21.8 Å². The fourth-order valence-corrected chi connectivity index (χ4v) is 1.76. The minimum absolute atomic E-state index is 0.0628. The molecule has 0 spiro atoms. The molecule has 9 heteroatoms. The molecule has 5 nitrogen and oxygen atoms in total. The topological polar surface area (TPSA) is 68.9 Å². The Morgan fingerprint density at radius 2 is 1.85 bits per heavy atom. The highest BCUT2D eigenvalue weighted by molar-refractivity contribution is 6.30. The summed E-state index contributed by atoms with van der Waals surface area (Å²) in [4.78, 5) is 10.1. The number of nitro benzene ring substituents is 1. The normalized spacial score (nSPS) is 11.4. The summed E-state index contributed by atoms with van der Waals surface area (Å²) in [7, 11) is 0. The van der Waals surface area contributed by atoms with Crippen molar-refractivity contribution in [2.45, 2.75) is 6.18 Å². The molecule has 0 aliphatic rings. The quantitative estimate of drug-likeness (QED) is 0.626. The Kier molecular flexibility index (Phi) is 3.58. The number of halogens is 4. The molecule has 2 aromatic rings. The monoisotopic (exact) mass is 303 g/mol. The Morgan fingerprint density at radius 3 is 2.45 bits per heavy atom. The first kappa shape index (κ1) is 14.2. The lowest BCUT2D eigenvalue weighted by molar-refractivity contribution is -0.384. The average Bonchev–Trinajstić information content (AvgIpc) is 2.38. The first-order valence-corrected chi connectivity index (χ1v) is 5.52. The van der Waals surface area contributed by atoms with Gasteiger partial charge in [-0.1, -0.05) is 23.7 Å². The SMILES string of the molecule is O=[N+]([O-])c1ccccc1-c1cc(C(F)(F)F)c(Cl)nn1. The Bertz CT molecular complexity index is 676. The highest BCUT2D eigenvalue weighted by Gasteiger charge is 2.35. The van der Waals surface area contributed by atoms with Crippen molar-refractivity contribution < 1.29 is 18.1 Å². The third-order valence-corrected chi connectivity index (χ3v) is 2.71. The van der Waals surface area contributed by atoms with Crippen LogP contribution in [-0.4, -0.2) is 15.1 Å². The maximum Gasteiger partial charge on any atom is 0.419 e. The summed E-state index contributed by atoms with van der Waals surface area (Å²) in [6.07, 6.45) is -4.72. The van der Waals surface area contributed by atoms with Crippen molar-refractivity contribution in [1.29, 1.82) is 0 Å². The smallest absolute Gasteiger partial charge is 0.258 e. The second kappa shape index (κ2) is 5.04. The number of hydrogen-bond donors (Lipinski definition) is 0. The van der Waals surface area contributed by atoms with Gasteiger partial charge in [-0.2, -0.15) is 13.2 Å². The molecular weight excluding hydrogens is 299 g/mol. The Labute approximate surface area is 115 Å². The van der Waals surface area contributed by atoms with Gasteiger partial charge >= 0.3 is 6.18 Å². The van der Waals surface area contributed by atoms with Crippen LogP contribution in [-0.2, 0) is 6.18 Å². The molecule has 1 aromatic heterocycles. The van der Waals surface area contributed by atoms with Crippen molar-refractivity contribution in [3.63, 3.8) is 0 Å². The zero-order valence-electron chi connectivity index (χ0n) is 9.56. The lowest BCUT2D eigenvalue weighted by atomic mass is 10.1. The molecule has 0 radical (unpaired) electrons. The standard InChI is InChI=1S/C11H5ClF3N3O2/c12-10-7(11(13,14)15)5-8(16-17-10)6-3-1-2-4-9(6)18(19)20/h1-5H. The third-order valence-electron chi connectivity index (χ3n) is 2.43. The summed E-state index contributed by atoms with van der Waals surface area (Å²) in [6, 6.07) is 5.94. The zero-order chi connectivity index (χ0) is 14.9. The molecular formula is C11H5ClF3N3O2. The fraction of sp³-hybridized carbons (Fsp3) is 0.0909. The van der Waals surface area contributed by atoms with Crippen molar-refractivity contribution in [3.05, 3.63) is 51.2 Å². The lowest BCUT2D eigenvalue weighted by Crippen LogP contribution is -2.08. The molecule has 104 valence electrons. The molecule has 0 amide bonds. The van der Waals surface area contributed by atoms with E-state index in [9.17, 15) is 23.3 Å². The van der Waals surface area contributed by atoms with Crippen LogP contribution in [0.15, 0.2) is 30.3 Å². The van der Waals surface area contributed by atoms with Crippen LogP contribution in [0, 0.1) is 10.1 Å². The van der Waals surface area contributed by atoms with Crippen LogP contribution in [0.3, 0.4) is 0 Å². The van der Waals surface area contributed by atoms with Gasteiger partial charge in [0.05, 0.1) is 16.1 Å². The van der Waals surface area contributed by atoms with Gasteiger partial charge in [0.1, 0.15) is 5.69 Å². The summed E-state index contributed by atoms with van der Waals surface area (Å²) in [5, 5.41) is 16.7. The van der Waals surface area contributed by atoms with Crippen LogP contribution in [0.2, 0.25) is 5.15 Å². The highest BCUT2D eigenvalue weighted by atomic mass is 35.5. The number of nitrogens with zero attached hydrogens (tertiary/aromatic N) is 3. The Hall–Kier alpha value is -2.22. The van der Waals surface area contributed by atoms with E-state index in [4.69, 9.17) is 11.6 Å². The van der Waals surface area contributed by atoms with E-state index >= 15 is 0 Å². The summed E-state index contributed by atoms with van der Waals surface area (Å²) in [5.41, 5.74) is -1.89. The summed E-state index contributed by atoms with van der Waals surface area (Å²) < 4.78 is 38.2. The third kappa shape index (κ3) is 2.69. The summed E-state index contributed by atoms with van der Waals surface area (Å²) in [6.45, 7) is 0. The van der Waals surface area contributed by atoms with Gasteiger partial charge in [0.25, 0.3) is 5.69 Å².